The Labute approximate surface area is 210 Å². The van der Waals surface area contributed by atoms with Crippen molar-refractivity contribution in [3.63, 3.8) is 0 Å². The van der Waals surface area contributed by atoms with Crippen LogP contribution in [0, 0.1) is 0 Å². The zero-order chi connectivity index (χ0) is 22.3. The van der Waals surface area contributed by atoms with Crippen molar-refractivity contribution in [2.24, 2.45) is 5.73 Å². The number of anilines is 1. The van der Waals surface area contributed by atoms with Gasteiger partial charge in [0.15, 0.2) is 0 Å². The minimum atomic E-state index is 0.640. The number of para-hydroxylation sites is 1. The Bertz CT molecular complexity index is 988. The fourth-order valence-corrected chi connectivity index (χ4v) is 3.45. The van der Waals surface area contributed by atoms with Crippen LogP contribution in [0.4, 0.5) is 5.69 Å². The summed E-state index contributed by atoms with van der Waals surface area (Å²) in [5.74, 6) is 0. The summed E-state index contributed by atoms with van der Waals surface area (Å²) >= 11 is 10.2. The minimum absolute atomic E-state index is 0.640. The molecule has 0 spiro atoms. The molecule has 0 aromatic heterocycles. The van der Waals surface area contributed by atoms with Crippen molar-refractivity contribution in [3.05, 3.63) is 134 Å². The standard InChI is InChI=1S/C13H12BrN.C7H9N.C6H4Br2/c14-12-8-4-5-9-13(12)15-10-11-6-2-1-3-7-11;8-6-7-4-2-1-3-5-7;7-5-3-1-2-4-6(5)8/h1-9,15H,10H2;1-5H,6,8H2;1-4H. The smallest absolute Gasteiger partial charge is 0.0487 e. The van der Waals surface area contributed by atoms with Gasteiger partial charge in [-0.1, -0.05) is 84.9 Å². The molecule has 0 bridgehead atoms. The second kappa shape index (κ2) is 15.0. The first-order valence-corrected chi connectivity index (χ1v) is 12.1. The van der Waals surface area contributed by atoms with Crippen LogP contribution in [0.3, 0.4) is 0 Å². The van der Waals surface area contributed by atoms with Gasteiger partial charge in [0.2, 0.25) is 0 Å². The molecule has 0 aliphatic rings. The van der Waals surface area contributed by atoms with Crippen LogP contribution in [0.2, 0.25) is 0 Å². The summed E-state index contributed by atoms with van der Waals surface area (Å²) in [5, 5.41) is 3.38. The van der Waals surface area contributed by atoms with Gasteiger partial charge in [0, 0.05) is 32.2 Å². The lowest BCUT2D eigenvalue weighted by Crippen LogP contribution is -1.99. The highest BCUT2D eigenvalue weighted by molar-refractivity contribution is 9.13. The Balaban J connectivity index is 0.000000181. The minimum Gasteiger partial charge on any atom is -0.380 e. The molecule has 4 aromatic rings. The summed E-state index contributed by atoms with van der Waals surface area (Å²) in [6, 6.07) is 36.4. The Morgan fingerprint density at radius 2 is 0.935 bits per heavy atom. The predicted molar refractivity (Wildman–Crippen MR) is 144 cm³/mol. The lowest BCUT2D eigenvalue weighted by Gasteiger charge is -2.07. The van der Waals surface area contributed by atoms with Crippen molar-refractivity contribution >= 4 is 53.5 Å². The van der Waals surface area contributed by atoms with Crippen LogP contribution in [0.15, 0.2) is 123 Å². The molecule has 0 fully saturated rings. The van der Waals surface area contributed by atoms with Crippen molar-refractivity contribution in [1.29, 1.82) is 0 Å². The van der Waals surface area contributed by atoms with E-state index in [9.17, 15) is 0 Å². The zero-order valence-electron chi connectivity index (χ0n) is 17.0. The van der Waals surface area contributed by atoms with Crippen LogP contribution < -0.4 is 11.1 Å². The van der Waals surface area contributed by atoms with Crippen molar-refractivity contribution in [3.8, 4) is 0 Å². The molecule has 160 valence electrons. The van der Waals surface area contributed by atoms with Gasteiger partial charge in [-0.3, -0.25) is 0 Å². The average molecular weight is 605 g/mol. The van der Waals surface area contributed by atoms with Crippen molar-refractivity contribution in [2.75, 3.05) is 5.32 Å². The molecule has 0 saturated heterocycles. The van der Waals surface area contributed by atoms with E-state index in [-0.39, 0.29) is 0 Å². The van der Waals surface area contributed by atoms with E-state index >= 15 is 0 Å². The number of hydrogen-bond acceptors (Lipinski definition) is 2. The highest BCUT2D eigenvalue weighted by atomic mass is 79.9. The molecule has 0 heterocycles. The molecule has 0 aliphatic carbocycles. The van der Waals surface area contributed by atoms with E-state index in [2.05, 4.69) is 83.4 Å². The van der Waals surface area contributed by atoms with E-state index in [0.717, 1.165) is 25.7 Å². The number of hydrogen-bond donors (Lipinski definition) is 2. The first-order chi connectivity index (χ1) is 15.1. The van der Waals surface area contributed by atoms with Gasteiger partial charge >= 0.3 is 0 Å². The first-order valence-electron chi connectivity index (χ1n) is 9.76. The molecule has 0 radical (unpaired) electrons. The van der Waals surface area contributed by atoms with Crippen LogP contribution in [0.25, 0.3) is 0 Å². The molecule has 0 saturated carbocycles. The van der Waals surface area contributed by atoms with Gasteiger partial charge in [-0.05, 0) is 83.2 Å². The monoisotopic (exact) mass is 602 g/mol. The second-order valence-electron chi connectivity index (χ2n) is 6.42. The quantitative estimate of drug-likeness (QED) is 0.245. The SMILES string of the molecule is Brc1ccccc1Br.Brc1ccccc1NCc1ccccc1.NCc1ccccc1. The Morgan fingerprint density at radius 3 is 1.35 bits per heavy atom. The summed E-state index contributed by atoms with van der Waals surface area (Å²) in [7, 11) is 0. The number of nitrogens with one attached hydrogen (secondary N) is 1. The van der Waals surface area contributed by atoms with E-state index in [1.165, 1.54) is 11.1 Å². The normalized spacial score (nSPS) is 9.55. The van der Waals surface area contributed by atoms with E-state index in [4.69, 9.17) is 5.73 Å². The molecular weight excluding hydrogens is 580 g/mol. The number of rotatable bonds is 4. The zero-order valence-corrected chi connectivity index (χ0v) is 21.8. The number of nitrogens with two attached hydrogens (primary N) is 1. The Hall–Kier alpha value is -1.92. The van der Waals surface area contributed by atoms with Crippen LogP contribution in [-0.4, -0.2) is 0 Å². The summed E-state index contributed by atoms with van der Waals surface area (Å²) < 4.78 is 3.29. The third-order valence-electron chi connectivity index (χ3n) is 4.10. The first kappa shape index (κ1) is 25.3. The summed E-state index contributed by atoms with van der Waals surface area (Å²) in [4.78, 5) is 0. The van der Waals surface area contributed by atoms with Gasteiger partial charge in [-0.2, -0.15) is 0 Å². The average Bonchev–Trinajstić information content (AvgIpc) is 2.82. The molecule has 4 aromatic carbocycles. The fourth-order valence-electron chi connectivity index (χ4n) is 2.45. The molecule has 2 nitrogen and oxygen atoms in total. The van der Waals surface area contributed by atoms with Gasteiger partial charge in [0.1, 0.15) is 0 Å². The van der Waals surface area contributed by atoms with Gasteiger partial charge in [-0.25, -0.2) is 0 Å². The third kappa shape index (κ3) is 10.3. The topological polar surface area (TPSA) is 38.0 Å². The molecule has 0 unspecified atom stereocenters. The van der Waals surface area contributed by atoms with Crippen LogP contribution in [0.1, 0.15) is 11.1 Å². The van der Waals surface area contributed by atoms with E-state index in [1.54, 1.807) is 0 Å². The highest BCUT2D eigenvalue weighted by Crippen LogP contribution is 2.22. The molecule has 0 amide bonds. The van der Waals surface area contributed by atoms with Crippen molar-refractivity contribution < 1.29 is 0 Å². The van der Waals surface area contributed by atoms with Gasteiger partial charge in [0.25, 0.3) is 0 Å². The fraction of sp³-hybridized carbons (Fsp3) is 0.0769. The van der Waals surface area contributed by atoms with E-state index in [0.29, 0.717) is 6.54 Å². The summed E-state index contributed by atoms with van der Waals surface area (Å²) in [6.07, 6.45) is 0. The van der Waals surface area contributed by atoms with Crippen LogP contribution in [-0.2, 0) is 13.1 Å². The van der Waals surface area contributed by atoms with Crippen molar-refractivity contribution in [1.82, 2.24) is 0 Å². The molecule has 4 rings (SSSR count). The van der Waals surface area contributed by atoms with E-state index in [1.807, 2.05) is 78.9 Å². The summed E-state index contributed by atoms with van der Waals surface area (Å²) in [6.45, 7) is 1.49. The second-order valence-corrected chi connectivity index (χ2v) is 8.99. The van der Waals surface area contributed by atoms with Crippen LogP contribution >= 0.6 is 47.8 Å². The molecule has 0 atom stereocenters. The summed E-state index contributed by atoms with van der Waals surface area (Å²) in [5.41, 5.74) is 8.95. The molecule has 31 heavy (non-hydrogen) atoms. The van der Waals surface area contributed by atoms with Crippen LogP contribution in [0.5, 0.6) is 0 Å². The Kier molecular flexibility index (Phi) is 12.2. The number of halogens is 3. The lowest BCUT2D eigenvalue weighted by molar-refractivity contribution is 1.07. The Morgan fingerprint density at radius 1 is 0.516 bits per heavy atom. The maximum absolute atomic E-state index is 5.35. The lowest BCUT2D eigenvalue weighted by atomic mass is 10.2. The van der Waals surface area contributed by atoms with E-state index < -0.39 is 0 Å². The maximum atomic E-state index is 5.35. The molecular formula is C26H25Br3N2. The third-order valence-corrected chi connectivity index (χ3v) is 6.71. The van der Waals surface area contributed by atoms with Gasteiger partial charge in [0.05, 0.1) is 0 Å². The molecule has 3 N–H and O–H groups in total. The molecule has 0 aliphatic heterocycles. The molecule has 5 heteroatoms. The maximum Gasteiger partial charge on any atom is 0.0487 e. The number of benzene rings is 4. The van der Waals surface area contributed by atoms with Gasteiger partial charge in [-0.15, -0.1) is 0 Å². The van der Waals surface area contributed by atoms with Crippen molar-refractivity contribution in [2.45, 2.75) is 13.1 Å². The predicted octanol–water partition coefficient (Wildman–Crippen LogP) is 8.42. The largest absolute Gasteiger partial charge is 0.380 e. The highest BCUT2D eigenvalue weighted by Gasteiger charge is 1.97. The van der Waals surface area contributed by atoms with Gasteiger partial charge < -0.3 is 11.1 Å².